The number of hydrogen-bond acceptors (Lipinski definition) is 7. The number of carboxylic acid groups (broad SMARTS) is 1. The quantitative estimate of drug-likeness (QED) is 0.0211. The van der Waals surface area contributed by atoms with E-state index in [-0.39, 0.29) is 38.6 Å². The lowest BCUT2D eigenvalue weighted by Crippen LogP contribution is -2.40. The zero-order valence-corrected chi connectivity index (χ0v) is 58.4. The van der Waals surface area contributed by atoms with Crippen molar-refractivity contribution in [2.45, 2.75) is 270 Å². The molecule has 9 nitrogen and oxygen atoms in total. The van der Waals surface area contributed by atoms with Gasteiger partial charge in [-0.15, -0.1) is 0 Å². The minimum absolute atomic E-state index is 0.168. The molecule has 0 aromatic rings. The Kier molecular flexibility index (Phi) is 65.9. The van der Waals surface area contributed by atoms with Crippen molar-refractivity contribution in [2.75, 3.05) is 47.5 Å². The van der Waals surface area contributed by atoms with E-state index < -0.39 is 24.3 Å². The van der Waals surface area contributed by atoms with Crippen molar-refractivity contribution in [3.63, 3.8) is 0 Å². The minimum Gasteiger partial charge on any atom is -0.477 e. The fraction of sp³-hybridized carbons (Fsp3) is 0.598. The Hall–Kier alpha value is -5.61. The molecule has 0 aliphatic carbocycles. The summed E-state index contributed by atoms with van der Waals surface area (Å²) in [6.45, 7) is 4.57. The second-order valence-electron chi connectivity index (χ2n) is 24.4. The summed E-state index contributed by atoms with van der Waals surface area (Å²) < 4.78 is 22.9. The molecular formula is C82H132NO8+. The smallest absolute Gasteiger partial charge is 0.361 e. The third kappa shape index (κ3) is 71.7. The number of rotatable bonds is 64. The molecule has 0 radical (unpaired) electrons. The SMILES string of the molecule is CC/C=C\C/C=C\C/C=C\C/C=C\C/C=C\C/C=C\C/C=C\C/C=C\C/C=C\CCCC(=O)OC(COC(=O)CCCCCCCCCCCCCCCCCCCC/C=C\C/C=C\C/C=C\C/C=C\C/C=C\C/C=C\CC)COC(OCC[N+](C)(C)C)C(=O)O. The van der Waals surface area contributed by atoms with Crippen molar-refractivity contribution < 1.29 is 42.9 Å². The maximum Gasteiger partial charge on any atom is 0.361 e. The fourth-order valence-corrected chi connectivity index (χ4v) is 9.25. The van der Waals surface area contributed by atoms with Gasteiger partial charge in [-0.2, -0.15) is 0 Å². The molecule has 512 valence electrons. The van der Waals surface area contributed by atoms with Crippen LogP contribution in [-0.4, -0.2) is 87.4 Å². The highest BCUT2D eigenvalue weighted by Crippen LogP contribution is 2.16. The molecule has 0 heterocycles. The maximum absolute atomic E-state index is 12.9. The molecular weight excluding hydrogens is 1130 g/mol. The molecule has 0 aliphatic rings. The Labute approximate surface area is 558 Å². The number of aliphatic carboxylic acids is 1. The van der Waals surface area contributed by atoms with Crippen molar-refractivity contribution in [3.05, 3.63) is 182 Å². The zero-order chi connectivity index (χ0) is 66.1. The van der Waals surface area contributed by atoms with Gasteiger partial charge < -0.3 is 28.5 Å². The van der Waals surface area contributed by atoms with E-state index in [1.165, 1.54) is 103 Å². The molecule has 9 heteroatoms. The summed E-state index contributed by atoms with van der Waals surface area (Å²) in [6, 6.07) is 0. The number of unbranched alkanes of at least 4 members (excludes halogenated alkanes) is 19. The van der Waals surface area contributed by atoms with Gasteiger partial charge in [0.25, 0.3) is 6.29 Å². The lowest BCUT2D eigenvalue weighted by Gasteiger charge is -2.25. The van der Waals surface area contributed by atoms with Crippen molar-refractivity contribution in [3.8, 4) is 0 Å². The van der Waals surface area contributed by atoms with E-state index in [0.29, 0.717) is 23.9 Å². The summed E-state index contributed by atoms with van der Waals surface area (Å²) in [4.78, 5) is 37.6. The number of esters is 2. The molecule has 2 unspecified atom stereocenters. The highest BCUT2D eigenvalue weighted by Gasteiger charge is 2.25. The van der Waals surface area contributed by atoms with Crippen LogP contribution in [0, 0.1) is 0 Å². The summed E-state index contributed by atoms with van der Waals surface area (Å²) in [5, 5.41) is 9.75. The normalized spacial score (nSPS) is 13.8. The molecule has 0 saturated heterocycles. The Morgan fingerprint density at radius 3 is 0.912 bits per heavy atom. The monoisotopic (exact) mass is 1260 g/mol. The van der Waals surface area contributed by atoms with E-state index in [9.17, 15) is 19.5 Å². The van der Waals surface area contributed by atoms with E-state index >= 15 is 0 Å². The number of allylic oxidation sites excluding steroid dienone is 30. The first-order valence-electron chi connectivity index (χ1n) is 35.9. The summed E-state index contributed by atoms with van der Waals surface area (Å²) in [6.07, 6.45) is 104. The molecule has 0 spiro atoms. The van der Waals surface area contributed by atoms with Crippen LogP contribution < -0.4 is 0 Å². The Morgan fingerprint density at radius 2 is 0.604 bits per heavy atom. The molecule has 91 heavy (non-hydrogen) atoms. The molecule has 0 aromatic heterocycles. The van der Waals surface area contributed by atoms with E-state index in [0.717, 1.165) is 116 Å². The summed E-state index contributed by atoms with van der Waals surface area (Å²) in [7, 11) is 5.95. The number of hydrogen-bond donors (Lipinski definition) is 1. The van der Waals surface area contributed by atoms with Gasteiger partial charge in [0.15, 0.2) is 6.10 Å². The van der Waals surface area contributed by atoms with Gasteiger partial charge in [-0.3, -0.25) is 9.59 Å². The first-order valence-corrected chi connectivity index (χ1v) is 35.9. The van der Waals surface area contributed by atoms with Crippen LogP contribution in [0.3, 0.4) is 0 Å². The number of carbonyl (C=O) groups is 3. The average molecular weight is 1260 g/mol. The number of quaternary nitrogens is 1. The fourth-order valence-electron chi connectivity index (χ4n) is 9.25. The third-order valence-electron chi connectivity index (χ3n) is 14.7. The summed E-state index contributed by atoms with van der Waals surface area (Å²) in [5.74, 6) is -2.10. The number of nitrogens with zero attached hydrogens (tertiary/aromatic N) is 1. The molecule has 0 bridgehead atoms. The molecule has 0 aromatic carbocycles. The van der Waals surface area contributed by atoms with Crippen LogP contribution in [0.5, 0.6) is 0 Å². The first kappa shape index (κ1) is 85.4. The predicted octanol–water partition coefficient (Wildman–Crippen LogP) is 22.8. The van der Waals surface area contributed by atoms with E-state index in [1.807, 2.05) is 21.1 Å². The third-order valence-corrected chi connectivity index (χ3v) is 14.7. The van der Waals surface area contributed by atoms with Gasteiger partial charge in [-0.25, -0.2) is 4.79 Å². The summed E-state index contributed by atoms with van der Waals surface area (Å²) >= 11 is 0. The minimum atomic E-state index is -1.54. The second-order valence-corrected chi connectivity index (χ2v) is 24.4. The second kappa shape index (κ2) is 70.3. The van der Waals surface area contributed by atoms with Crippen molar-refractivity contribution in [1.29, 1.82) is 0 Å². The topological polar surface area (TPSA) is 108 Å². The maximum atomic E-state index is 12.9. The molecule has 0 rings (SSSR count). The van der Waals surface area contributed by atoms with Crippen LogP contribution in [-0.2, 0) is 33.3 Å². The van der Waals surface area contributed by atoms with E-state index in [2.05, 4.69) is 196 Å². The van der Waals surface area contributed by atoms with Gasteiger partial charge >= 0.3 is 17.9 Å². The highest BCUT2D eigenvalue weighted by molar-refractivity contribution is 5.71. The van der Waals surface area contributed by atoms with Crippen molar-refractivity contribution in [2.24, 2.45) is 0 Å². The van der Waals surface area contributed by atoms with Crippen LogP contribution in [0.2, 0.25) is 0 Å². The largest absolute Gasteiger partial charge is 0.477 e. The number of carboxylic acids is 1. The van der Waals surface area contributed by atoms with Crippen molar-refractivity contribution in [1.82, 2.24) is 0 Å². The van der Waals surface area contributed by atoms with Gasteiger partial charge in [0, 0.05) is 12.8 Å². The van der Waals surface area contributed by atoms with E-state index in [4.69, 9.17) is 18.9 Å². The number of likely N-dealkylation sites (N-methyl/N-ethyl adjacent to an activating group) is 1. The van der Waals surface area contributed by atoms with Crippen LogP contribution in [0.15, 0.2) is 182 Å². The molecule has 0 saturated carbocycles. The van der Waals surface area contributed by atoms with Crippen LogP contribution in [0.1, 0.15) is 258 Å². The standard InChI is InChI=1S/C82H131NO8/c1-6-8-10-12-14-16-18-20-22-24-26-28-30-32-34-36-37-38-39-40-41-42-43-45-46-48-50-52-54-56-58-60-62-64-66-68-70-72-79(84)89-76-78(77-90-82(81(86)87)88-75-74-83(3,4)5)91-80(85)73-71-69-67-65-63-61-59-57-55-53-51-49-47-44-35-33-31-29-27-25-23-21-19-17-15-13-11-9-7-2/h8-11,14-17,20-23,26-29,32-35,37-38,47,49,53,55,59,61,65,67,78,82H,6-7,12-13,18-19,24-25,30-31,36,39-46,48,50-52,54,56-58,60,62-64,66,68-77H2,1-5H3/p+1/b10-8-,11-9-,16-14-,17-15-,22-20-,23-21-,28-26-,29-27-,34-32-,35-33-,38-37-,49-47-,55-53-,61-59-,67-65-. The van der Waals surface area contributed by atoms with Gasteiger partial charge in [0.2, 0.25) is 0 Å². The Morgan fingerprint density at radius 1 is 0.330 bits per heavy atom. The van der Waals surface area contributed by atoms with E-state index in [1.54, 1.807) is 0 Å². The Bertz CT molecular complexity index is 2150. The predicted molar refractivity (Wildman–Crippen MR) is 391 cm³/mol. The zero-order valence-electron chi connectivity index (χ0n) is 58.4. The van der Waals surface area contributed by atoms with Gasteiger partial charge in [-0.05, 0) is 128 Å². The lowest BCUT2D eigenvalue weighted by atomic mass is 10.0. The Balaban J connectivity index is 4.20. The number of ether oxygens (including phenoxy) is 4. The average Bonchev–Trinajstić information content (AvgIpc) is 3.66. The molecule has 1 N–H and O–H groups in total. The molecule has 0 amide bonds. The summed E-state index contributed by atoms with van der Waals surface area (Å²) in [5.41, 5.74) is 0. The molecule has 0 fully saturated rings. The number of carbonyl (C=O) groups excluding carboxylic acids is 2. The van der Waals surface area contributed by atoms with Crippen LogP contribution >= 0.6 is 0 Å². The van der Waals surface area contributed by atoms with Gasteiger partial charge in [-0.1, -0.05) is 299 Å². The first-order chi connectivity index (χ1) is 44.6. The van der Waals surface area contributed by atoms with Crippen LogP contribution in [0.25, 0.3) is 0 Å². The van der Waals surface area contributed by atoms with Gasteiger partial charge in [0.05, 0.1) is 34.4 Å². The van der Waals surface area contributed by atoms with Gasteiger partial charge in [0.1, 0.15) is 13.2 Å². The molecule has 2 atom stereocenters. The lowest BCUT2D eigenvalue weighted by molar-refractivity contribution is -0.870. The molecule has 0 aliphatic heterocycles. The van der Waals surface area contributed by atoms with Crippen molar-refractivity contribution >= 4 is 17.9 Å². The van der Waals surface area contributed by atoms with Crippen LogP contribution in [0.4, 0.5) is 0 Å². The highest BCUT2D eigenvalue weighted by atomic mass is 16.7.